The van der Waals surface area contributed by atoms with Gasteiger partial charge in [-0.1, -0.05) is 186 Å². The summed E-state index contributed by atoms with van der Waals surface area (Å²) in [5, 5.41) is 0. The van der Waals surface area contributed by atoms with E-state index in [1.54, 1.807) is 0 Å². The monoisotopic (exact) mass is 580 g/mol. The second kappa shape index (κ2) is 27.0. The third-order valence-corrected chi connectivity index (χ3v) is 9.30. The summed E-state index contributed by atoms with van der Waals surface area (Å²) in [6, 6.07) is 11.0. The number of aryl methyl sites for hydroxylation is 1. The summed E-state index contributed by atoms with van der Waals surface area (Å²) in [4.78, 5) is 0. The fourth-order valence-electron chi connectivity index (χ4n) is 6.53. The van der Waals surface area contributed by atoms with Gasteiger partial charge in [-0.25, -0.2) is 4.57 Å². The highest BCUT2D eigenvalue weighted by molar-refractivity contribution is 5.31. The number of para-hydroxylation sites is 1. The lowest BCUT2D eigenvalue weighted by atomic mass is 10.0. The molecule has 1 heterocycles. The van der Waals surface area contributed by atoms with Crippen LogP contribution in [0.15, 0.2) is 42.7 Å². The Morgan fingerprint density at radius 1 is 0.452 bits per heavy atom. The molecule has 2 heteroatoms. The second-order valence-electron chi connectivity index (χ2n) is 13.2. The molecule has 0 atom stereocenters. The molecule has 0 aliphatic rings. The van der Waals surface area contributed by atoms with E-state index in [9.17, 15) is 0 Å². The van der Waals surface area contributed by atoms with Crippen molar-refractivity contribution in [2.24, 2.45) is 0 Å². The lowest BCUT2D eigenvalue weighted by molar-refractivity contribution is -0.704. The lowest BCUT2D eigenvalue weighted by Gasteiger charge is -2.07. The summed E-state index contributed by atoms with van der Waals surface area (Å²) in [6.45, 7) is 5.78. The molecule has 0 spiro atoms. The lowest BCUT2D eigenvalue weighted by Crippen LogP contribution is -2.37. The molecule has 2 aromatic rings. The van der Waals surface area contributed by atoms with E-state index in [0.717, 1.165) is 0 Å². The Labute approximate surface area is 263 Å². The molecule has 0 fully saturated rings. The SMILES string of the molecule is CCCCCCCCCCCCCCCC[n+]1ccn(-c2ccccc2)c1CCCCCCCCCCCCCCC. The van der Waals surface area contributed by atoms with Gasteiger partial charge in [0.25, 0.3) is 5.82 Å². The van der Waals surface area contributed by atoms with E-state index >= 15 is 0 Å². The highest BCUT2D eigenvalue weighted by Gasteiger charge is 2.18. The Morgan fingerprint density at radius 3 is 1.26 bits per heavy atom. The van der Waals surface area contributed by atoms with E-state index in [1.807, 2.05) is 0 Å². The van der Waals surface area contributed by atoms with Gasteiger partial charge < -0.3 is 0 Å². The molecule has 42 heavy (non-hydrogen) atoms. The summed E-state index contributed by atoms with van der Waals surface area (Å²) in [6.07, 6.45) is 44.3. The molecule has 1 aromatic carbocycles. The van der Waals surface area contributed by atoms with Gasteiger partial charge in [-0.15, -0.1) is 0 Å². The number of benzene rings is 1. The minimum absolute atomic E-state index is 1.17. The Hall–Kier alpha value is -1.57. The number of unbranched alkanes of at least 4 members (excludes halogenated alkanes) is 25. The zero-order chi connectivity index (χ0) is 29.8. The molecule has 0 aliphatic carbocycles. The number of hydrogen-bond donors (Lipinski definition) is 0. The number of hydrogen-bond acceptors (Lipinski definition) is 0. The van der Waals surface area contributed by atoms with E-state index in [2.05, 4.69) is 65.7 Å². The zero-order valence-electron chi connectivity index (χ0n) is 28.4. The molecule has 2 nitrogen and oxygen atoms in total. The quantitative estimate of drug-likeness (QED) is 0.0643. The van der Waals surface area contributed by atoms with Crippen molar-refractivity contribution in [1.29, 1.82) is 0 Å². The maximum absolute atomic E-state index is 2.56. The molecule has 2 rings (SSSR count). The molecule has 1 aromatic heterocycles. The van der Waals surface area contributed by atoms with Crippen molar-refractivity contribution in [3.8, 4) is 5.69 Å². The zero-order valence-corrected chi connectivity index (χ0v) is 28.4. The molecule has 0 aliphatic heterocycles. The average Bonchev–Trinajstić information content (AvgIpc) is 3.42. The van der Waals surface area contributed by atoms with Gasteiger partial charge in [-0.2, -0.15) is 4.57 Å². The van der Waals surface area contributed by atoms with E-state index in [0.29, 0.717) is 0 Å². The van der Waals surface area contributed by atoms with Crippen molar-refractivity contribution < 1.29 is 4.57 Å². The van der Waals surface area contributed by atoms with Crippen molar-refractivity contribution in [3.63, 3.8) is 0 Å². The van der Waals surface area contributed by atoms with Crippen LogP contribution in [0.5, 0.6) is 0 Å². The van der Waals surface area contributed by atoms with Crippen molar-refractivity contribution in [2.45, 2.75) is 200 Å². The van der Waals surface area contributed by atoms with Crippen LogP contribution in [0, 0.1) is 0 Å². The van der Waals surface area contributed by atoms with Crippen molar-refractivity contribution in [2.75, 3.05) is 0 Å². The first-order valence-electron chi connectivity index (χ1n) is 19.0. The molecule has 0 radical (unpaired) electrons. The van der Waals surface area contributed by atoms with Gasteiger partial charge in [0.05, 0.1) is 6.54 Å². The molecule has 0 unspecified atom stereocenters. The molecular weight excluding hydrogens is 508 g/mol. The highest BCUT2D eigenvalue weighted by Crippen LogP contribution is 2.16. The van der Waals surface area contributed by atoms with Crippen molar-refractivity contribution >= 4 is 0 Å². The van der Waals surface area contributed by atoms with Gasteiger partial charge >= 0.3 is 0 Å². The Morgan fingerprint density at radius 2 is 0.833 bits per heavy atom. The minimum atomic E-state index is 1.17. The Balaban J connectivity index is 1.58. The normalized spacial score (nSPS) is 11.5. The van der Waals surface area contributed by atoms with Crippen LogP contribution < -0.4 is 4.57 Å². The first-order chi connectivity index (χ1) is 20.9. The second-order valence-corrected chi connectivity index (χ2v) is 13.2. The van der Waals surface area contributed by atoms with E-state index in [1.165, 1.54) is 198 Å². The standard InChI is InChI=1S/C40H71N2/c1-3-5-7-9-11-13-15-17-19-21-23-25-27-32-36-41-37-38-42(39-33-29-28-30-34-39)40(41)35-31-26-24-22-20-18-16-14-12-10-8-6-4-2/h28-30,33-34,37-38H,3-27,31-32,35-36H2,1-2H3/q+1. The Kier molecular flexibility index (Phi) is 23.6. The van der Waals surface area contributed by atoms with Gasteiger partial charge in [-0.3, -0.25) is 0 Å². The smallest absolute Gasteiger partial charge is 0.234 e. The average molecular weight is 580 g/mol. The van der Waals surface area contributed by atoms with Crippen LogP contribution in [-0.2, 0) is 13.0 Å². The molecule has 0 amide bonds. The van der Waals surface area contributed by atoms with Gasteiger partial charge in [-0.05, 0) is 31.4 Å². The molecule has 0 bridgehead atoms. The summed E-state index contributed by atoms with van der Waals surface area (Å²) >= 11 is 0. The number of nitrogens with zero attached hydrogens (tertiary/aromatic N) is 2. The van der Waals surface area contributed by atoms with Gasteiger partial charge in [0.2, 0.25) is 0 Å². The van der Waals surface area contributed by atoms with Crippen LogP contribution in [0.1, 0.15) is 193 Å². The Bertz CT molecular complexity index is 823. The van der Waals surface area contributed by atoms with Crippen LogP contribution in [-0.4, -0.2) is 4.57 Å². The molecule has 0 saturated heterocycles. The van der Waals surface area contributed by atoms with Crippen LogP contribution >= 0.6 is 0 Å². The maximum Gasteiger partial charge on any atom is 0.261 e. The molecular formula is C40H71N2+. The van der Waals surface area contributed by atoms with Gasteiger partial charge in [0, 0.05) is 6.42 Å². The summed E-state index contributed by atoms with van der Waals surface area (Å²) < 4.78 is 5.01. The van der Waals surface area contributed by atoms with Crippen LogP contribution in [0.25, 0.3) is 5.69 Å². The predicted octanol–water partition coefficient (Wildman–Crippen LogP) is 12.9. The number of imidazole rings is 1. The first kappa shape index (κ1) is 36.6. The summed E-state index contributed by atoms with van der Waals surface area (Å²) in [5.41, 5.74) is 1.31. The highest BCUT2D eigenvalue weighted by atomic mass is 15.1. The summed E-state index contributed by atoms with van der Waals surface area (Å²) in [5.74, 6) is 1.50. The molecule has 0 saturated carbocycles. The number of rotatable bonds is 30. The van der Waals surface area contributed by atoms with Gasteiger partial charge in [0.15, 0.2) is 0 Å². The van der Waals surface area contributed by atoms with E-state index < -0.39 is 0 Å². The predicted molar refractivity (Wildman–Crippen MR) is 186 cm³/mol. The van der Waals surface area contributed by atoms with Crippen LogP contribution in [0.3, 0.4) is 0 Å². The van der Waals surface area contributed by atoms with Crippen LogP contribution in [0.4, 0.5) is 0 Å². The molecule has 240 valence electrons. The summed E-state index contributed by atoms with van der Waals surface area (Å²) in [7, 11) is 0. The van der Waals surface area contributed by atoms with Crippen LogP contribution in [0.2, 0.25) is 0 Å². The van der Waals surface area contributed by atoms with E-state index in [4.69, 9.17) is 0 Å². The largest absolute Gasteiger partial charge is 0.261 e. The number of aromatic nitrogens is 2. The van der Waals surface area contributed by atoms with Crippen molar-refractivity contribution in [1.82, 2.24) is 4.57 Å². The van der Waals surface area contributed by atoms with Gasteiger partial charge in [0.1, 0.15) is 18.1 Å². The molecule has 0 N–H and O–H groups in total. The third-order valence-electron chi connectivity index (χ3n) is 9.30. The minimum Gasteiger partial charge on any atom is -0.234 e. The fraction of sp³-hybridized carbons (Fsp3) is 0.775. The van der Waals surface area contributed by atoms with E-state index in [-0.39, 0.29) is 0 Å². The third kappa shape index (κ3) is 18.2. The first-order valence-corrected chi connectivity index (χ1v) is 19.0. The van der Waals surface area contributed by atoms with Crippen molar-refractivity contribution in [3.05, 3.63) is 48.5 Å². The maximum atomic E-state index is 2.56. The fourth-order valence-corrected chi connectivity index (χ4v) is 6.53. The topological polar surface area (TPSA) is 8.81 Å².